The zero-order valence-corrected chi connectivity index (χ0v) is 20.5. The molecule has 0 bridgehead atoms. The normalized spacial score (nSPS) is 21.0. The van der Waals surface area contributed by atoms with Gasteiger partial charge in [0, 0.05) is 42.2 Å². The summed E-state index contributed by atoms with van der Waals surface area (Å²) in [6, 6.07) is 5.65. The molecule has 178 valence electrons. The number of rotatable bonds is 6. The van der Waals surface area contributed by atoms with Crippen LogP contribution in [0.5, 0.6) is 5.88 Å². The molecule has 0 aromatic carbocycles. The first kappa shape index (κ1) is 22.7. The van der Waals surface area contributed by atoms with Crippen molar-refractivity contribution < 1.29 is 14.3 Å². The van der Waals surface area contributed by atoms with Crippen molar-refractivity contribution >= 4 is 16.7 Å². The standard InChI is InChI=1S/C27H32N4O3/c1-6-22(28)20-13-30-24(33-27(5)9-10-27)21-14-29-17(12-19(20)21)11-16-7-8-18-23(31-16)15(2)26(3,4)34-25(18)32/h7-8,12-15,22H,6,9-11,28H2,1-5H3/t15-,22-/m1/s1. The zero-order valence-electron chi connectivity index (χ0n) is 20.5. The Morgan fingerprint density at radius 3 is 2.62 bits per heavy atom. The molecule has 0 spiro atoms. The lowest BCUT2D eigenvalue weighted by atomic mass is 9.84. The van der Waals surface area contributed by atoms with Gasteiger partial charge in [0.05, 0.1) is 16.6 Å². The number of fused-ring (bicyclic) bond motifs is 2. The molecule has 0 radical (unpaired) electrons. The Balaban J connectivity index is 1.52. The summed E-state index contributed by atoms with van der Waals surface area (Å²) in [6.07, 6.45) is 7.10. The number of nitrogens with zero attached hydrogens (tertiary/aromatic N) is 3. The maximum Gasteiger partial charge on any atom is 0.340 e. The Morgan fingerprint density at radius 2 is 1.91 bits per heavy atom. The molecule has 2 atom stereocenters. The lowest BCUT2D eigenvalue weighted by Crippen LogP contribution is -2.39. The van der Waals surface area contributed by atoms with Crippen molar-refractivity contribution in [2.24, 2.45) is 5.73 Å². The number of hydrogen-bond acceptors (Lipinski definition) is 7. The quantitative estimate of drug-likeness (QED) is 0.516. The van der Waals surface area contributed by atoms with Crippen LogP contribution in [0.2, 0.25) is 0 Å². The summed E-state index contributed by atoms with van der Waals surface area (Å²) in [6.45, 7) is 10.1. The average Bonchev–Trinajstić information content (AvgIpc) is 3.53. The zero-order chi connectivity index (χ0) is 24.3. The van der Waals surface area contributed by atoms with E-state index in [-0.39, 0.29) is 23.5 Å². The molecule has 4 heterocycles. The van der Waals surface area contributed by atoms with Gasteiger partial charge in [0.1, 0.15) is 11.2 Å². The third-order valence-corrected chi connectivity index (χ3v) is 7.33. The summed E-state index contributed by atoms with van der Waals surface area (Å²) in [4.78, 5) is 26.6. The van der Waals surface area contributed by atoms with Crippen LogP contribution < -0.4 is 10.5 Å². The van der Waals surface area contributed by atoms with Crippen LogP contribution in [0.1, 0.15) is 98.8 Å². The van der Waals surface area contributed by atoms with Gasteiger partial charge in [-0.2, -0.15) is 0 Å². The fraction of sp³-hybridized carbons (Fsp3) is 0.481. The highest BCUT2D eigenvalue weighted by Gasteiger charge is 2.41. The van der Waals surface area contributed by atoms with Crippen molar-refractivity contribution in [2.75, 3.05) is 0 Å². The summed E-state index contributed by atoms with van der Waals surface area (Å²) in [5, 5.41) is 1.90. The van der Waals surface area contributed by atoms with E-state index >= 15 is 0 Å². The molecule has 2 aliphatic rings. The van der Waals surface area contributed by atoms with E-state index in [2.05, 4.69) is 24.9 Å². The van der Waals surface area contributed by atoms with Crippen molar-refractivity contribution in [1.29, 1.82) is 0 Å². The summed E-state index contributed by atoms with van der Waals surface area (Å²) >= 11 is 0. The Bertz CT molecular complexity index is 1280. The molecule has 0 amide bonds. The van der Waals surface area contributed by atoms with Crippen molar-refractivity contribution in [3.05, 3.63) is 58.8 Å². The van der Waals surface area contributed by atoms with Crippen LogP contribution in [-0.2, 0) is 11.2 Å². The summed E-state index contributed by atoms with van der Waals surface area (Å²) in [5.41, 5.74) is 9.76. The van der Waals surface area contributed by atoms with Gasteiger partial charge in [0.15, 0.2) is 0 Å². The lowest BCUT2D eigenvalue weighted by molar-refractivity contribution is -0.0190. The van der Waals surface area contributed by atoms with E-state index in [1.807, 2.05) is 45.3 Å². The lowest BCUT2D eigenvalue weighted by Gasteiger charge is -2.36. The Labute approximate surface area is 200 Å². The van der Waals surface area contributed by atoms with E-state index < -0.39 is 5.60 Å². The summed E-state index contributed by atoms with van der Waals surface area (Å²) in [7, 11) is 0. The van der Waals surface area contributed by atoms with E-state index in [0.717, 1.165) is 52.7 Å². The number of carbonyl (C=O) groups excluding carboxylic acids is 1. The van der Waals surface area contributed by atoms with Crippen molar-refractivity contribution in [1.82, 2.24) is 15.0 Å². The molecular weight excluding hydrogens is 428 g/mol. The first-order valence-corrected chi connectivity index (χ1v) is 12.1. The molecule has 1 aliphatic carbocycles. The highest BCUT2D eigenvalue weighted by molar-refractivity contribution is 5.92. The maximum atomic E-state index is 12.4. The van der Waals surface area contributed by atoms with Crippen molar-refractivity contribution in [2.45, 2.75) is 83.5 Å². The molecule has 2 N–H and O–H groups in total. The largest absolute Gasteiger partial charge is 0.471 e. The molecule has 5 rings (SSSR count). The number of aromatic nitrogens is 3. The molecule has 3 aromatic heterocycles. The van der Waals surface area contributed by atoms with E-state index in [1.165, 1.54) is 0 Å². The van der Waals surface area contributed by atoms with Crippen LogP contribution in [0.25, 0.3) is 10.8 Å². The highest BCUT2D eigenvalue weighted by atomic mass is 16.6. The van der Waals surface area contributed by atoms with Gasteiger partial charge in [-0.1, -0.05) is 13.8 Å². The van der Waals surface area contributed by atoms with Crippen LogP contribution >= 0.6 is 0 Å². The minimum Gasteiger partial charge on any atom is -0.471 e. The molecule has 7 heteroatoms. The van der Waals surface area contributed by atoms with Crippen molar-refractivity contribution in [3.8, 4) is 5.88 Å². The van der Waals surface area contributed by atoms with E-state index in [0.29, 0.717) is 17.9 Å². The molecular formula is C27H32N4O3. The van der Waals surface area contributed by atoms with E-state index in [1.54, 1.807) is 0 Å². The number of carbonyl (C=O) groups is 1. The third kappa shape index (κ3) is 4.02. The van der Waals surface area contributed by atoms with E-state index in [4.69, 9.17) is 25.2 Å². The second kappa shape index (κ2) is 8.01. The molecule has 1 fully saturated rings. The third-order valence-electron chi connectivity index (χ3n) is 7.33. The number of esters is 1. The second-order valence-corrected chi connectivity index (χ2v) is 10.4. The molecule has 3 aromatic rings. The van der Waals surface area contributed by atoms with Gasteiger partial charge in [-0.05, 0) is 69.2 Å². The van der Waals surface area contributed by atoms with E-state index in [9.17, 15) is 4.79 Å². The Kier molecular flexibility index (Phi) is 5.35. The number of ether oxygens (including phenoxy) is 2. The Hall–Kier alpha value is -3.06. The van der Waals surface area contributed by atoms with Gasteiger partial charge < -0.3 is 15.2 Å². The van der Waals surface area contributed by atoms with Crippen LogP contribution in [0.15, 0.2) is 30.6 Å². The first-order chi connectivity index (χ1) is 16.1. The second-order valence-electron chi connectivity index (χ2n) is 10.4. The maximum absolute atomic E-state index is 12.4. The molecule has 1 aliphatic heterocycles. The van der Waals surface area contributed by atoms with Gasteiger partial charge in [0.2, 0.25) is 5.88 Å². The van der Waals surface area contributed by atoms with Gasteiger partial charge in [-0.15, -0.1) is 0 Å². The predicted molar refractivity (Wildman–Crippen MR) is 130 cm³/mol. The SMILES string of the molecule is CC[C@@H](N)c1cnc(OC2(C)CC2)c2cnc(Cc3ccc4c(n3)[C@@H](C)C(C)(C)OC4=O)cc12. The summed E-state index contributed by atoms with van der Waals surface area (Å²) < 4.78 is 11.8. The summed E-state index contributed by atoms with van der Waals surface area (Å²) in [5.74, 6) is 0.291. The van der Waals surface area contributed by atoms with Gasteiger partial charge in [-0.25, -0.2) is 9.78 Å². The number of nitrogens with two attached hydrogens (primary N) is 1. The minimum absolute atomic E-state index is 0.00608. The smallest absolute Gasteiger partial charge is 0.340 e. The van der Waals surface area contributed by atoms with Crippen LogP contribution in [0.4, 0.5) is 0 Å². The monoisotopic (exact) mass is 460 g/mol. The first-order valence-electron chi connectivity index (χ1n) is 12.1. The number of cyclic esters (lactones) is 1. The predicted octanol–water partition coefficient (Wildman–Crippen LogP) is 5.01. The highest BCUT2D eigenvalue weighted by Crippen LogP contribution is 2.42. The average molecular weight is 461 g/mol. The van der Waals surface area contributed by atoms with Crippen LogP contribution in [0, 0.1) is 0 Å². The van der Waals surface area contributed by atoms with Crippen LogP contribution in [0.3, 0.4) is 0 Å². The molecule has 1 saturated carbocycles. The molecule has 7 nitrogen and oxygen atoms in total. The molecule has 0 saturated heterocycles. The minimum atomic E-state index is -0.594. The fourth-order valence-corrected chi connectivity index (χ4v) is 4.40. The molecule has 34 heavy (non-hydrogen) atoms. The Morgan fingerprint density at radius 1 is 1.15 bits per heavy atom. The fourth-order valence-electron chi connectivity index (χ4n) is 4.40. The topological polar surface area (TPSA) is 100 Å². The van der Waals surface area contributed by atoms with Crippen LogP contribution in [-0.4, -0.2) is 32.1 Å². The van der Waals surface area contributed by atoms with Gasteiger partial charge in [-0.3, -0.25) is 9.97 Å². The number of pyridine rings is 3. The van der Waals surface area contributed by atoms with Gasteiger partial charge in [0.25, 0.3) is 0 Å². The van der Waals surface area contributed by atoms with Gasteiger partial charge >= 0.3 is 5.97 Å². The number of hydrogen-bond donors (Lipinski definition) is 1. The van der Waals surface area contributed by atoms with Crippen molar-refractivity contribution in [3.63, 3.8) is 0 Å². The molecule has 0 unspecified atom stereocenters.